The fourth-order valence-electron chi connectivity index (χ4n) is 2.25. The number of rotatable bonds is 1. The largest absolute Gasteiger partial charge is 0.467 e. The van der Waals surface area contributed by atoms with Gasteiger partial charge < -0.3 is 9.47 Å². The van der Waals surface area contributed by atoms with Crippen molar-refractivity contribution in [2.45, 2.75) is 45.4 Å². The van der Waals surface area contributed by atoms with Crippen molar-refractivity contribution in [3.63, 3.8) is 0 Å². The van der Waals surface area contributed by atoms with E-state index in [1.165, 1.54) is 12.0 Å². The van der Waals surface area contributed by atoms with Crippen LogP contribution in [0.1, 0.15) is 32.0 Å². The molecule has 1 amide bonds. The van der Waals surface area contributed by atoms with Crippen LogP contribution in [0.4, 0.5) is 4.79 Å². The van der Waals surface area contributed by atoms with Crippen LogP contribution in [0.5, 0.6) is 0 Å². The molecule has 0 bridgehead atoms. The van der Waals surface area contributed by atoms with Gasteiger partial charge in [-0.05, 0) is 32.4 Å². The molecule has 0 N–H and O–H groups in total. The normalized spacial score (nSPS) is 17.9. The molecule has 114 valence electrons. The average Bonchev–Trinajstić information content (AvgIpc) is 2.43. The van der Waals surface area contributed by atoms with Crippen LogP contribution in [0.15, 0.2) is 18.3 Å². The molecule has 1 atom stereocenters. The van der Waals surface area contributed by atoms with E-state index in [0.717, 1.165) is 11.3 Å². The Hall–Kier alpha value is -2.11. The SMILES string of the molecule is COC(=O)C1Cc2cccnc2CN1C(=O)OC(C)(C)C. The summed E-state index contributed by atoms with van der Waals surface area (Å²) in [4.78, 5) is 29.9. The predicted octanol–water partition coefficient (Wildman–Crippen LogP) is 1.92. The van der Waals surface area contributed by atoms with Gasteiger partial charge >= 0.3 is 12.1 Å². The number of methoxy groups -OCH3 is 1. The molecular weight excluding hydrogens is 272 g/mol. The molecule has 0 radical (unpaired) electrons. The van der Waals surface area contributed by atoms with E-state index in [9.17, 15) is 9.59 Å². The molecule has 1 unspecified atom stereocenters. The van der Waals surface area contributed by atoms with Gasteiger partial charge in [-0.15, -0.1) is 0 Å². The summed E-state index contributed by atoms with van der Waals surface area (Å²) < 4.78 is 10.2. The van der Waals surface area contributed by atoms with E-state index in [2.05, 4.69) is 4.98 Å². The van der Waals surface area contributed by atoms with Crippen molar-refractivity contribution in [3.8, 4) is 0 Å². The van der Waals surface area contributed by atoms with E-state index in [1.807, 2.05) is 12.1 Å². The third-order valence-electron chi connectivity index (χ3n) is 3.20. The number of hydrogen-bond acceptors (Lipinski definition) is 5. The lowest BCUT2D eigenvalue weighted by molar-refractivity contribution is -0.147. The molecule has 1 aliphatic rings. The molecule has 6 nitrogen and oxygen atoms in total. The number of fused-ring (bicyclic) bond motifs is 1. The minimum Gasteiger partial charge on any atom is -0.467 e. The topological polar surface area (TPSA) is 68.7 Å². The predicted molar refractivity (Wildman–Crippen MR) is 75.5 cm³/mol. The summed E-state index contributed by atoms with van der Waals surface area (Å²) in [6, 6.07) is 3.04. The van der Waals surface area contributed by atoms with E-state index in [1.54, 1.807) is 27.0 Å². The zero-order chi connectivity index (χ0) is 15.6. The quantitative estimate of drug-likeness (QED) is 0.740. The Morgan fingerprint density at radius 1 is 1.38 bits per heavy atom. The number of amides is 1. The third kappa shape index (κ3) is 3.51. The highest BCUT2D eigenvalue weighted by Crippen LogP contribution is 2.24. The van der Waals surface area contributed by atoms with E-state index >= 15 is 0 Å². The molecule has 0 aliphatic carbocycles. The summed E-state index contributed by atoms with van der Waals surface area (Å²) in [5.74, 6) is -0.449. The van der Waals surface area contributed by atoms with Crippen LogP contribution in [0.2, 0.25) is 0 Å². The fraction of sp³-hybridized carbons (Fsp3) is 0.533. The maximum Gasteiger partial charge on any atom is 0.411 e. The van der Waals surface area contributed by atoms with Gasteiger partial charge in [0.05, 0.1) is 19.3 Å². The molecule has 0 fully saturated rings. The average molecular weight is 292 g/mol. The maximum atomic E-state index is 12.3. The summed E-state index contributed by atoms with van der Waals surface area (Å²) in [5, 5.41) is 0. The molecule has 0 saturated heterocycles. The highest BCUT2D eigenvalue weighted by atomic mass is 16.6. The zero-order valence-electron chi connectivity index (χ0n) is 12.8. The van der Waals surface area contributed by atoms with Gasteiger partial charge in [-0.3, -0.25) is 9.88 Å². The van der Waals surface area contributed by atoms with E-state index in [-0.39, 0.29) is 6.54 Å². The molecule has 0 aromatic carbocycles. The number of nitrogens with zero attached hydrogens (tertiary/aromatic N) is 2. The smallest absolute Gasteiger partial charge is 0.411 e. The molecule has 21 heavy (non-hydrogen) atoms. The summed E-state index contributed by atoms with van der Waals surface area (Å²) in [6.07, 6.45) is 1.52. The van der Waals surface area contributed by atoms with Crippen LogP contribution in [-0.2, 0) is 27.2 Å². The lowest BCUT2D eigenvalue weighted by Gasteiger charge is -2.35. The number of aromatic nitrogens is 1. The standard InChI is InChI=1S/C15H20N2O4/c1-15(2,3)21-14(19)17-9-11-10(6-5-7-16-11)8-12(17)13(18)20-4/h5-7,12H,8-9H2,1-4H3. The second-order valence-electron chi connectivity index (χ2n) is 5.96. The number of hydrogen-bond donors (Lipinski definition) is 0. The Kier molecular flexibility index (Phi) is 4.16. The lowest BCUT2D eigenvalue weighted by atomic mass is 9.98. The van der Waals surface area contributed by atoms with Gasteiger partial charge in [0.2, 0.25) is 0 Å². The van der Waals surface area contributed by atoms with Crippen LogP contribution in [0.25, 0.3) is 0 Å². The van der Waals surface area contributed by atoms with Crippen molar-refractivity contribution >= 4 is 12.1 Å². The van der Waals surface area contributed by atoms with Crippen LogP contribution in [-0.4, -0.2) is 40.7 Å². The molecule has 0 saturated carbocycles. The van der Waals surface area contributed by atoms with Gasteiger partial charge in [0, 0.05) is 12.6 Å². The van der Waals surface area contributed by atoms with Crippen molar-refractivity contribution in [2.75, 3.05) is 7.11 Å². The first-order valence-corrected chi connectivity index (χ1v) is 6.82. The Morgan fingerprint density at radius 2 is 2.10 bits per heavy atom. The van der Waals surface area contributed by atoms with Crippen LogP contribution in [0, 0.1) is 0 Å². The summed E-state index contributed by atoms with van der Waals surface area (Å²) in [7, 11) is 1.31. The van der Waals surface area contributed by atoms with Crippen LogP contribution in [0.3, 0.4) is 0 Å². The number of pyridine rings is 1. The number of esters is 1. The van der Waals surface area contributed by atoms with Crippen LogP contribution >= 0.6 is 0 Å². The van der Waals surface area contributed by atoms with Crippen molar-refractivity contribution in [3.05, 3.63) is 29.6 Å². The molecule has 1 aliphatic heterocycles. The van der Waals surface area contributed by atoms with E-state index in [4.69, 9.17) is 9.47 Å². The van der Waals surface area contributed by atoms with E-state index < -0.39 is 23.7 Å². The maximum absolute atomic E-state index is 12.3. The highest BCUT2D eigenvalue weighted by Gasteiger charge is 2.38. The first kappa shape index (κ1) is 15.3. The molecule has 6 heteroatoms. The molecule has 1 aromatic heterocycles. The zero-order valence-corrected chi connectivity index (χ0v) is 12.8. The third-order valence-corrected chi connectivity index (χ3v) is 3.20. The van der Waals surface area contributed by atoms with Crippen molar-refractivity contribution < 1.29 is 19.1 Å². The Labute approximate surface area is 124 Å². The monoisotopic (exact) mass is 292 g/mol. The number of ether oxygens (including phenoxy) is 2. The Bertz CT molecular complexity index is 551. The van der Waals surface area contributed by atoms with Crippen molar-refractivity contribution in [1.29, 1.82) is 0 Å². The minimum atomic E-state index is -0.679. The van der Waals surface area contributed by atoms with Gasteiger partial charge in [0.1, 0.15) is 11.6 Å². The summed E-state index contributed by atoms with van der Waals surface area (Å²) in [6.45, 7) is 5.60. The second kappa shape index (κ2) is 5.71. The van der Waals surface area contributed by atoms with Gasteiger partial charge in [-0.25, -0.2) is 9.59 Å². The highest BCUT2D eigenvalue weighted by molar-refractivity contribution is 5.82. The first-order valence-electron chi connectivity index (χ1n) is 6.82. The summed E-state index contributed by atoms with van der Waals surface area (Å²) in [5.41, 5.74) is 1.11. The van der Waals surface area contributed by atoms with Crippen molar-refractivity contribution in [2.24, 2.45) is 0 Å². The minimum absolute atomic E-state index is 0.241. The Morgan fingerprint density at radius 3 is 2.71 bits per heavy atom. The number of carbonyl (C=O) groups is 2. The Balaban J connectivity index is 2.28. The molecule has 0 spiro atoms. The van der Waals surface area contributed by atoms with E-state index in [0.29, 0.717) is 6.42 Å². The molecule has 1 aromatic rings. The van der Waals surface area contributed by atoms with Gasteiger partial charge in [0.25, 0.3) is 0 Å². The van der Waals surface area contributed by atoms with Crippen LogP contribution < -0.4 is 0 Å². The number of carbonyl (C=O) groups excluding carboxylic acids is 2. The molecular formula is C15H20N2O4. The first-order chi connectivity index (χ1) is 9.81. The van der Waals surface area contributed by atoms with Gasteiger partial charge in [-0.1, -0.05) is 6.07 Å². The lowest BCUT2D eigenvalue weighted by Crippen LogP contribution is -2.50. The molecule has 2 rings (SSSR count). The van der Waals surface area contributed by atoms with Crippen molar-refractivity contribution in [1.82, 2.24) is 9.88 Å². The fourth-order valence-corrected chi connectivity index (χ4v) is 2.25. The summed E-state index contributed by atoms with van der Waals surface area (Å²) >= 11 is 0. The second-order valence-corrected chi connectivity index (χ2v) is 5.96. The van der Waals surface area contributed by atoms with Gasteiger partial charge in [0.15, 0.2) is 0 Å². The van der Waals surface area contributed by atoms with Gasteiger partial charge in [-0.2, -0.15) is 0 Å². The molecule has 2 heterocycles.